The van der Waals surface area contributed by atoms with Gasteiger partial charge in [-0.25, -0.2) is 4.79 Å². The zero-order valence-corrected chi connectivity index (χ0v) is 19.8. The lowest BCUT2D eigenvalue weighted by atomic mass is 9.86. The van der Waals surface area contributed by atoms with Crippen LogP contribution in [-0.2, 0) is 19.8 Å². The van der Waals surface area contributed by atoms with Gasteiger partial charge in [-0.1, -0.05) is 25.9 Å². The number of likely N-dealkylation sites (tertiary alicyclic amines) is 2. The predicted octanol–water partition coefficient (Wildman–Crippen LogP) is 3.10. The van der Waals surface area contributed by atoms with Gasteiger partial charge in [-0.15, -0.1) is 0 Å². The van der Waals surface area contributed by atoms with Crippen molar-refractivity contribution < 1.29 is 28.7 Å². The molecule has 1 spiro atoms. The van der Waals surface area contributed by atoms with Gasteiger partial charge in [0, 0.05) is 44.3 Å². The van der Waals surface area contributed by atoms with Crippen LogP contribution in [0.4, 0.5) is 0 Å². The summed E-state index contributed by atoms with van der Waals surface area (Å²) in [5, 5.41) is 13.5. The highest BCUT2D eigenvalue weighted by molar-refractivity contribution is 6.39. The van der Waals surface area contributed by atoms with Gasteiger partial charge in [-0.05, 0) is 32.3 Å². The van der Waals surface area contributed by atoms with E-state index >= 15 is 0 Å². The van der Waals surface area contributed by atoms with Crippen LogP contribution in [0.5, 0.6) is 0 Å². The van der Waals surface area contributed by atoms with E-state index in [1.54, 1.807) is 4.90 Å². The fraction of sp³-hybridized carbons (Fsp3) is 0.667. The lowest BCUT2D eigenvalue weighted by molar-refractivity contribution is -0.149. The van der Waals surface area contributed by atoms with Crippen molar-refractivity contribution in [3.8, 4) is 0 Å². The van der Waals surface area contributed by atoms with Gasteiger partial charge >= 0.3 is 5.97 Å². The molecule has 3 aliphatic rings. The summed E-state index contributed by atoms with van der Waals surface area (Å²) in [5.41, 5.74) is 0.0723. The van der Waals surface area contributed by atoms with Crippen molar-refractivity contribution in [2.24, 2.45) is 5.16 Å². The van der Waals surface area contributed by atoms with Crippen molar-refractivity contribution >= 4 is 23.5 Å². The predicted molar refractivity (Wildman–Crippen MR) is 120 cm³/mol. The Labute approximate surface area is 193 Å². The van der Waals surface area contributed by atoms with Gasteiger partial charge in [0.05, 0.1) is 5.56 Å². The molecular formula is C24H33N3O6. The summed E-state index contributed by atoms with van der Waals surface area (Å²) in [6.45, 7) is 9.35. The van der Waals surface area contributed by atoms with Crippen LogP contribution in [0.1, 0.15) is 81.2 Å². The van der Waals surface area contributed by atoms with Crippen molar-refractivity contribution in [1.29, 1.82) is 0 Å². The Balaban J connectivity index is 1.38. The number of amides is 2. The van der Waals surface area contributed by atoms with E-state index in [2.05, 4.69) is 5.16 Å². The molecular weight excluding hydrogens is 426 g/mol. The van der Waals surface area contributed by atoms with Gasteiger partial charge < -0.3 is 24.2 Å². The van der Waals surface area contributed by atoms with Gasteiger partial charge in [-0.2, -0.15) is 0 Å². The third kappa shape index (κ3) is 4.50. The Morgan fingerprint density at radius 3 is 2.42 bits per heavy atom. The number of rotatable bonds is 3. The summed E-state index contributed by atoms with van der Waals surface area (Å²) in [4.78, 5) is 46.6. The van der Waals surface area contributed by atoms with Crippen molar-refractivity contribution in [3.63, 3.8) is 0 Å². The first-order valence-corrected chi connectivity index (χ1v) is 11.7. The Bertz CT molecular complexity index is 981. The molecule has 1 N–H and O–H groups in total. The van der Waals surface area contributed by atoms with E-state index in [9.17, 15) is 19.5 Å². The van der Waals surface area contributed by atoms with E-state index in [0.29, 0.717) is 56.6 Å². The van der Waals surface area contributed by atoms with Crippen molar-refractivity contribution in [2.45, 2.75) is 83.3 Å². The Morgan fingerprint density at radius 1 is 1.12 bits per heavy atom. The first-order valence-electron chi connectivity index (χ1n) is 11.7. The van der Waals surface area contributed by atoms with Crippen molar-refractivity contribution in [2.75, 3.05) is 19.6 Å². The number of nitrogens with zero attached hydrogens (tertiary/aromatic N) is 3. The molecule has 3 aliphatic heterocycles. The Hall–Kier alpha value is -2.84. The number of carbonyl (C=O) groups excluding carboxylic acids is 2. The van der Waals surface area contributed by atoms with Crippen LogP contribution in [0.3, 0.4) is 0 Å². The minimum Gasteiger partial charge on any atom is -0.480 e. The molecule has 1 atom stereocenters. The molecule has 1 unspecified atom stereocenters. The van der Waals surface area contributed by atoms with Crippen LogP contribution >= 0.6 is 0 Å². The number of aryl methyl sites for hydroxylation is 1. The topological polar surface area (TPSA) is 113 Å². The maximum atomic E-state index is 13.1. The van der Waals surface area contributed by atoms with Gasteiger partial charge in [0.1, 0.15) is 28.9 Å². The minimum atomic E-state index is -0.978. The van der Waals surface area contributed by atoms with Crippen LogP contribution in [0, 0.1) is 6.92 Å². The lowest BCUT2D eigenvalue weighted by Gasteiger charge is -2.37. The molecule has 0 aliphatic carbocycles. The number of hydrogen-bond donors (Lipinski definition) is 1. The summed E-state index contributed by atoms with van der Waals surface area (Å²) in [6.07, 6.45) is 3.51. The minimum absolute atomic E-state index is 0.0607. The second-order valence-electron chi connectivity index (χ2n) is 10.5. The zero-order chi connectivity index (χ0) is 24.0. The smallest absolute Gasteiger partial charge is 0.326 e. The molecule has 2 amide bonds. The summed E-state index contributed by atoms with van der Waals surface area (Å²) >= 11 is 0. The lowest BCUT2D eigenvalue weighted by Crippen LogP contribution is -2.51. The number of furan rings is 1. The number of oxime groups is 1. The maximum absolute atomic E-state index is 13.1. The molecule has 9 heteroatoms. The number of carbonyl (C=O) groups is 3. The molecule has 4 heterocycles. The molecule has 33 heavy (non-hydrogen) atoms. The molecule has 0 aromatic carbocycles. The van der Waals surface area contributed by atoms with Crippen LogP contribution in [0.25, 0.3) is 0 Å². The van der Waals surface area contributed by atoms with Crippen LogP contribution in [-0.4, -0.2) is 69.7 Å². The largest absolute Gasteiger partial charge is 0.480 e. The molecule has 1 aromatic heterocycles. The third-order valence-electron chi connectivity index (χ3n) is 6.98. The second kappa shape index (κ2) is 8.50. The number of aliphatic carboxylic acids is 1. The van der Waals surface area contributed by atoms with Gasteiger partial charge in [0.2, 0.25) is 0 Å². The van der Waals surface area contributed by atoms with E-state index in [1.807, 2.05) is 33.8 Å². The van der Waals surface area contributed by atoms with Crippen LogP contribution in [0.15, 0.2) is 15.6 Å². The van der Waals surface area contributed by atoms with Gasteiger partial charge in [0.25, 0.3) is 11.8 Å². The zero-order valence-electron chi connectivity index (χ0n) is 19.8. The molecule has 2 fully saturated rings. The highest BCUT2D eigenvalue weighted by atomic mass is 16.7. The maximum Gasteiger partial charge on any atom is 0.326 e. The fourth-order valence-electron chi connectivity index (χ4n) is 4.85. The van der Waals surface area contributed by atoms with Gasteiger partial charge in [-0.3, -0.25) is 9.59 Å². The van der Waals surface area contributed by atoms with Gasteiger partial charge in [0.15, 0.2) is 0 Å². The van der Waals surface area contributed by atoms with Crippen molar-refractivity contribution in [3.05, 3.63) is 23.2 Å². The summed E-state index contributed by atoms with van der Waals surface area (Å²) in [6, 6.07) is 1.03. The molecule has 1 aromatic rings. The monoisotopic (exact) mass is 459 g/mol. The third-order valence-corrected chi connectivity index (χ3v) is 6.98. The Morgan fingerprint density at radius 2 is 1.82 bits per heavy atom. The molecule has 2 saturated heterocycles. The number of carboxylic acids is 1. The fourth-order valence-corrected chi connectivity index (χ4v) is 4.85. The SMILES string of the molecule is Cc1oc(C(C)(C)C)cc1C(=O)N1CCC2(CC1)CC(C(=O)N1CCCCC1C(=O)O)=NO2. The number of piperidine rings is 2. The average Bonchev–Trinajstić information content (AvgIpc) is 3.37. The summed E-state index contributed by atoms with van der Waals surface area (Å²) in [5.74, 6) is 0.0156. The first kappa shape index (κ1) is 23.3. The average molecular weight is 460 g/mol. The second-order valence-corrected chi connectivity index (χ2v) is 10.5. The molecule has 0 radical (unpaired) electrons. The molecule has 0 saturated carbocycles. The van der Waals surface area contributed by atoms with E-state index in [-0.39, 0.29) is 22.9 Å². The van der Waals surface area contributed by atoms with E-state index in [0.717, 1.165) is 18.6 Å². The van der Waals surface area contributed by atoms with Crippen LogP contribution in [0.2, 0.25) is 0 Å². The Kier molecular flexibility index (Phi) is 6.01. The normalized spacial score (nSPS) is 22.8. The summed E-state index contributed by atoms with van der Waals surface area (Å²) < 4.78 is 5.83. The molecule has 0 bridgehead atoms. The van der Waals surface area contributed by atoms with E-state index < -0.39 is 17.6 Å². The first-order chi connectivity index (χ1) is 15.5. The molecule has 9 nitrogen and oxygen atoms in total. The van der Waals surface area contributed by atoms with E-state index in [4.69, 9.17) is 9.25 Å². The highest BCUT2D eigenvalue weighted by Gasteiger charge is 2.46. The van der Waals surface area contributed by atoms with Crippen molar-refractivity contribution in [1.82, 2.24) is 9.80 Å². The summed E-state index contributed by atoms with van der Waals surface area (Å²) in [7, 11) is 0. The molecule has 4 rings (SSSR count). The quantitative estimate of drug-likeness (QED) is 0.743. The van der Waals surface area contributed by atoms with E-state index in [1.165, 1.54) is 4.90 Å². The van der Waals surface area contributed by atoms with Crippen LogP contribution < -0.4 is 0 Å². The standard InChI is InChI=1S/C24H33N3O6/c1-15-16(13-19(32-15)23(2,3)4)20(28)26-11-8-24(9-12-26)14-17(25-33-24)21(29)27-10-6-5-7-18(27)22(30)31/h13,18H,5-12,14H2,1-4H3,(H,30,31). The number of hydrogen-bond acceptors (Lipinski definition) is 6. The number of carboxylic acid groups (broad SMARTS) is 1. The molecule has 180 valence electrons. The highest BCUT2D eigenvalue weighted by Crippen LogP contribution is 2.36.